The predicted molar refractivity (Wildman–Crippen MR) is 64.0 cm³/mol. The molecule has 0 spiro atoms. The van der Waals surface area contributed by atoms with Crippen LogP contribution < -0.4 is 10.6 Å². The van der Waals surface area contributed by atoms with Crippen molar-refractivity contribution in [2.75, 3.05) is 4.90 Å². The van der Waals surface area contributed by atoms with Crippen LogP contribution in [0.2, 0.25) is 0 Å². The Bertz CT molecular complexity index is 406. The topological polar surface area (TPSA) is 99.2 Å². The first-order chi connectivity index (χ1) is 8.11. The fourth-order valence-corrected chi connectivity index (χ4v) is 1.58. The van der Waals surface area contributed by atoms with E-state index in [0.29, 0.717) is 12.1 Å². The Morgan fingerprint density at radius 1 is 1.47 bits per heavy atom. The van der Waals surface area contributed by atoms with Gasteiger partial charge in [-0.05, 0) is 18.6 Å². The first kappa shape index (κ1) is 12.8. The van der Waals surface area contributed by atoms with Crippen LogP contribution in [0.4, 0.5) is 5.69 Å². The van der Waals surface area contributed by atoms with Gasteiger partial charge in [0.25, 0.3) is 0 Å². The maximum absolute atomic E-state index is 11.1. The Labute approximate surface area is 99.0 Å². The molecular formula is C11H15N3O3. The zero-order valence-corrected chi connectivity index (χ0v) is 9.45. The SMILES string of the molecule is CC[C@@H](C(=O)O)N(/C(N)=N/O)c1ccccc1. The molecule has 17 heavy (non-hydrogen) atoms. The van der Waals surface area contributed by atoms with Crippen molar-refractivity contribution in [1.82, 2.24) is 0 Å². The highest BCUT2D eigenvalue weighted by Crippen LogP contribution is 2.18. The molecule has 4 N–H and O–H groups in total. The van der Waals surface area contributed by atoms with Gasteiger partial charge in [-0.25, -0.2) is 4.79 Å². The van der Waals surface area contributed by atoms with E-state index in [9.17, 15) is 4.79 Å². The smallest absolute Gasteiger partial charge is 0.326 e. The van der Waals surface area contributed by atoms with Gasteiger partial charge in [0.1, 0.15) is 6.04 Å². The van der Waals surface area contributed by atoms with Gasteiger partial charge in [-0.1, -0.05) is 30.3 Å². The number of oxime groups is 1. The third kappa shape index (κ3) is 2.87. The highest BCUT2D eigenvalue weighted by molar-refractivity contribution is 5.99. The molecule has 0 aliphatic carbocycles. The van der Waals surface area contributed by atoms with E-state index in [1.165, 1.54) is 4.90 Å². The summed E-state index contributed by atoms with van der Waals surface area (Å²) in [6.45, 7) is 1.72. The number of hydrogen-bond acceptors (Lipinski definition) is 3. The number of para-hydroxylation sites is 1. The maximum atomic E-state index is 11.1. The lowest BCUT2D eigenvalue weighted by molar-refractivity contribution is -0.138. The van der Waals surface area contributed by atoms with Crippen molar-refractivity contribution in [1.29, 1.82) is 0 Å². The number of aliphatic carboxylic acids is 1. The van der Waals surface area contributed by atoms with Crippen LogP contribution in [0.25, 0.3) is 0 Å². The molecule has 0 unspecified atom stereocenters. The van der Waals surface area contributed by atoms with Crippen molar-refractivity contribution in [2.24, 2.45) is 10.9 Å². The predicted octanol–water partition coefficient (Wildman–Crippen LogP) is 1.06. The molecule has 1 atom stereocenters. The molecule has 0 radical (unpaired) electrons. The van der Waals surface area contributed by atoms with Crippen LogP contribution in [0.3, 0.4) is 0 Å². The highest BCUT2D eigenvalue weighted by Gasteiger charge is 2.27. The van der Waals surface area contributed by atoms with Crippen LogP contribution in [0.15, 0.2) is 35.5 Å². The summed E-state index contributed by atoms with van der Waals surface area (Å²) >= 11 is 0. The summed E-state index contributed by atoms with van der Waals surface area (Å²) in [4.78, 5) is 12.4. The van der Waals surface area contributed by atoms with E-state index in [2.05, 4.69) is 5.16 Å². The molecule has 0 bridgehead atoms. The minimum Gasteiger partial charge on any atom is -0.480 e. The Morgan fingerprint density at radius 3 is 2.47 bits per heavy atom. The van der Waals surface area contributed by atoms with E-state index in [0.717, 1.165) is 0 Å². The number of carboxylic acid groups (broad SMARTS) is 1. The van der Waals surface area contributed by atoms with Crippen LogP contribution in [-0.2, 0) is 4.79 Å². The van der Waals surface area contributed by atoms with E-state index in [-0.39, 0.29) is 5.96 Å². The van der Waals surface area contributed by atoms with Crippen molar-refractivity contribution in [3.63, 3.8) is 0 Å². The van der Waals surface area contributed by atoms with Crippen LogP contribution >= 0.6 is 0 Å². The van der Waals surface area contributed by atoms with Gasteiger partial charge in [0.2, 0.25) is 5.96 Å². The van der Waals surface area contributed by atoms with Gasteiger partial charge in [0.05, 0.1) is 0 Å². The molecule has 0 aromatic heterocycles. The lowest BCUT2D eigenvalue weighted by atomic mass is 10.1. The van der Waals surface area contributed by atoms with Crippen molar-refractivity contribution in [3.8, 4) is 0 Å². The molecule has 0 amide bonds. The second-order valence-corrected chi connectivity index (χ2v) is 3.43. The quantitative estimate of drug-likeness (QED) is 0.315. The number of hydrogen-bond donors (Lipinski definition) is 3. The fraction of sp³-hybridized carbons (Fsp3) is 0.273. The summed E-state index contributed by atoms with van der Waals surface area (Å²) in [6, 6.07) is 7.83. The Morgan fingerprint density at radius 2 is 2.06 bits per heavy atom. The molecule has 0 saturated heterocycles. The van der Waals surface area contributed by atoms with Crippen LogP contribution in [-0.4, -0.2) is 28.3 Å². The third-order valence-corrected chi connectivity index (χ3v) is 2.37. The Kier molecular flexibility index (Phi) is 4.33. The van der Waals surface area contributed by atoms with Crippen LogP contribution in [0, 0.1) is 0 Å². The van der Waals surface area contributed by atoms with Gasteiger partial charge >= 0.3 is 5.97 Å². The summed E-state index contributed by atoms with van der Waals surface area (Å²) in [5.74, 6) is -1.27. The van der Waals surface area contributed by atoms with Gasteiger partial charge in [-0.15, -0.1) is 0 Å². The number of guanidine groups is 1. The number of anilines is 1. The fourth-order valence-electron chi connectivity index (χ4n) is 1.58. The molecule has 0 saturated carbocycles. The van der Waals surface area contributed by atoms with Gasteiger partial charge in [-0.2, -0.15) is 0 Å². The summed E-state index contributed by atoms with van der Waals surface area (Å²) in [6.07, 6.45) is 0.334. The standard InChI is InChI=1S/C11H15N3O3/c1-2-9(10(15)16)14(11(12)13-17)8-6-4-3-5-7-8/h3-7,9,17H,2H2,1H3,(H2,12,13)(H,15,16)/t9-/m0/s1. The summed E-state index contributed by atoms with van der Waals surface area (Å²) in [5, 5.41) is 20.7. The zero-order chi connectivity index (χ0) is 12.8. The molecule has 0 fully saturated rings. The normalized spacial score (nSPS) is 13.1. The minimum atomic E-state index is -1.03. The van der Waals surface area contributed by atoms with Crippen molar-refractivity contribution in [3.05, 3.63) is 30.3 Å². The second-order valence-electron chi connectivity index (χ2n) is 3.43. The van der Waals surface area contributed by atoms with Crippen LogP contribution in [0.1, 0.15) is 13.3 Å². The molecule has 1 aromatic rings. The maximum Gasteiger partial charge on any atom is 0.326 e. The Hall–Kier alpha value is -2.24. The van der Waals surface area contributed by atoms with Gasteiger partial charge < -0.3 is 16.0 Å². The van der Waals surface area contributed by atoms with Crippen LogP contribution in [0.5, 0.6) is 0 Å². The molecule has 0 aliphatic heterocycles. The first-order valence-corrected chi connectivity index (χ1v) is 5.16. The monoisotopic (exact) mass is 237 g/mol. The van der Waals surface area contributed by atoms with Gasteiger partial charge in [0.15, 0.2) is 0 Å². The zero-order valence-electron chi connectivity index (χ0n) is 9.45. The number of carbonyl (C=O) groups is 1. The van der Waals surface area contributed by atoms with Gasteiger partial charge in [-0.3, -0.25) is 4.90 Å². The Balaban J connectivity index is 3.17. The molecule has 0 heterocycles. The lowest BCUT2D eigenvalue weighted by Gasteiger charge is -2.28. The molecule has 92 valence electrons. The first-order valence-electron chi connectivity index (χ1n) is 5.16. The average molecular weight is 237 g/mol. The van der Waals surface area contributed by atoms with Gasteiger partial charge in [0, 0.05) is 5.69 Å². The summed E-state index contributed by atoms with van der Waals surface area (Å²) in [7, 11) is 0. The molecule has 6 heteroatoms. The van der Waals surface area contributed by atoms with E-state index in [1.807, 2.05) is 0 Å². The number of nitrogens with zero attached hydrogens (tertiary/aromatic N) is 2. The lowest BCUT2D eigenvalue weighted by Crippen LogP contribution is -2.48. The molecule has 1 rings (SSSR count). The highest BCUT2D eigenvalue weighted by atomic mass is 16.4. The molecule has 0 aliphatic rings. The molecular weight excluding hydrogens is 222 g/mol. The van der Waals surface area contributed by atoms with Crippen molar-refractivity contribution in [2.45, 2.75) is 19.4 Å². The number of rotatable bonds is 4. The van der Waals surface area contributed by atoms with E-state index in [1.54, 1.807) is 37.3 Å². The van der Waals surface area contributed by atoms with Crippen molar-refractivity contribution < 1.29 is 15.1 Å². The second kappa shape index (κ2) is 5.74. The van der Waals surface area contributed by atoms with E-state index < -0.39 is 12.0 Å². The number of benzene rings is 1. The number of nitrogens with two attached hydrogens (primary N) is 1. The summed E-state index contributed by atoms with van der Waals surface area (Å²) < 4.78 is 0. The average Bonchev–Trinajstić information content (AvgIpc) is 2.35. The van der Waals surface area contributed by atoms with Crippen molar-refractivity contribution >= 4 is 17.6 Å². The largest absolute Gasteiger partial charge is 0.480 e. The summed E-state index contributed by atoms with van der Waals surface area (Å²) in [5.41, 5.74) is 6.09. The minimum absolute atomic E-state index is 0.245. The molecule has 1 aromatic carbocycles. The molecule has 6 nitrogen and oxygen atoms in total. The van der Waals surface area contributed by atoms with E-state index in [4.69, 9.17) is 16.0 Å². The number of carboxylic acids is 1. The third-order valence-electron chi connectivity index (χ3n) is 2.37. The van der Waals surface area contributed by atoms with E-state index >= 15 is 0 Å².